The molecule has 0 bridgehead atoms. The molecule has 4 aromatic rings. The molecule has 2 aromatic heterocycles. The predicted octanol–water partition coefficient (Wildman–Crippen LogP) is 3.75. The maximum Gasteiger partial charge on any atom is 0.330 e. The molecule has 2 aromatic carbocycles. The average Bonchev–Trinajstić information content (AvgIpc) is 3.13. The lowest BCUT2D eigenvalue weighted by molar-refractivity contribution is 0.340. The third-order valence-corrected chi connectivity index (χ3v) is 5.23. The van der Waals surface area contributed by atoms with Gasteiger partial charge in [-0.1, -0.05) is 23.7 Å². The van der Waals surface area contributed by atoms with Gasteiger partial charge in [-0.3, -0.25) is 13.9 Å². The number of aryl methyl sites for hydroxylation is 1. The first-order valence-corrected chi connectivity index (χ1v) is 9.60. The number of ether oxygens (including phenoxy) is 1. The Morgan fingerprint density at radius 3 is 2.21 bits per heavy atom. The van der Waals surface area contributed by atoms with Gasteiger partial charge in [-0.15, -0.1) is 0 Å². The van der Waals surface area contributed by atoms with E-state index < -0.39 is 0 Å². The molecular formula is C22H20ClN3O3. The van der Waals surface area contributed by atoms with E-state index in [4.69, 9.17) is 16.3 Å². The summed E-state index contributed by atoms with van der Waals surface area (Å²) in [5.41, 5.74) is 2.25. The van der Waals surface area contributed by atoms with Gasteiger partial charge in [-0.2, -0.15) is 0 Å². The summed E-state index contributed by atoms with van der Waals surface area (Å²) in [7, 11) is 3.16. The molecule has 0 unspecified atom stereocenters. The third-order valence-electron chi connectivity index (χ3n) is 4.98. The molecule has 0 fully saturated rings. The van der Waals surface area contributed by atoms with Crippen LogP contribution in [-0.4, -0.2) is 20.3 Å². The highest BCUT2D eigenvalue weighted by atomic mass is 35.5. The van der Waals surface area contributed by atoms with Gasteiger partial charge >= 0.3 is 5.69 Å². The minimum absolute atomic E-state index is 0.335. The lowest BCUT2D eigenvalue weighted by Gasteiger charge is -2.11. The van der Waals surface area contributed by atoms with Crippen molar-refractivity contribution in [2.75, 3.05) is 6.61 Å². The zero-order chi connectivity index (χ0) is 20.7. The number of hydrogen-bond acceptors (Lipinski definition) is 3. The lowest BCUT2D eigenvalue weighted by atomic mass is 10.1. The fraction of sp³-hybridized carbons (Fsp3) is 0.182. The van der Waals surface area contributed by atoms with E-state index in [-0.39, 0.29) is 11.2 Å². The Labute approximate surface area is 172 Å². The maximum atomic E-state index is 13.0. The highest BCUT2D eigenvalue weighted by molar-refractivity contribution is 6.30. The predicted molar refractivity (Wildman–Crippen MR) is 115 cm³/mol. The minimum atomic E-state index is -0.367. The molecule has 0 N–H and O–H groups in total. The van der Waals surface area contributed by atoms with Crippen LogP contribution < -0.4 is 16.0 Å². The van der Waals surface area contributed by atoms with E-state index in [9.17, 15) is 9.59 Å². The van der Waals surface area contributed by atoms with Crippen LogP contribution >= 0.6 is 11.6 Å². The van der Waals surface area contributed by atoms with Crippen molar-refractivity contribution in [2.24, 2.45) is 14.1 Å². The molecule has 0 atom stereocenters. The molecule has 0 saturated carbocycles. The van der Waals surface area contributed by atoms with Gasteiger partial charge in [-0.25, -0.2) is 4.79 Å². The zero-order valence-electron chi connectivity index (χ0n) is 16.3. The monoisotopic (exact) mass is 409 g/mol. The van der Waals surface area contributed by atoms with E-state index in [0.29, 0.717) is 28.2 Å². The van der Waals surface area contributed by atoms with Crippen LogP contribution in [-0.2, 0) is 14.1 Å². The summed E-state index contributed by atoms with van der Waals surface area (Å²) in [6.45, 7) is 2.52. The Balaban J connectivity index is 2.08. The van der Waals surface area contributed by atoms with Gasteiger partial charge in [0, 0.05) is 31.0 Å². The second-order valence-electron chi connectivity index (χ2n) is 6.75. The largest absolute Gasteiger partial charge is 0.494 e. The quantitative estimate of drug-likeness (QED) is 0.516. The molecular weight excluding hydrogens is 390 g/mol. The third kappa shape index (κ3) is 3.15. The molecule has 0 aliphatic carbocycles. The second-order valence-corrected chi connectivity index (χ2v) is 7.18. The summed E-state index contributed by atoms with van der Waals surface area (Å²) in [5, 5.41) is 1.09. The fourth-order valence-corrected chi connectivity index (χ4v) is 3.63. The van der Waals surface area contributed by atoms with Crippen molar-refractivity contribution in [3.8, 4) is 22.7 Å². The maximum absolute atomic E-state index is 13.0. The summed E-state index contributed by atoms with van der Waals surface area (Å²) >= 11 is 6.07. The lowest BCUT2D eigenvalue weighted by Crippen LogP contribution is -2.36. The molecule has 0 amide bonds. The van der Waals surface area contributed by atoms with Crippen molar-refractivity contribution in [3.05, 3.63) is 80.6 Å². The number of benzene rings is 2. The van der Waals surface area contributed by atoms with Gasteiger partial charge in [-0.05, 0) is 48.9 Å². The van der Waals surface area contributed by atoms with Crippen molar-refractivity contribution in [2.45, 2.75) is 6.92 Å². The van der Waals surface area contributed by atoms with E-state index in [1.165, 1.54) is 11.6 Å². The average molecular weight is 410 g/mol. The number of hydrogen-bond donors (Lipinski definition) is 0. The number of fused-ring (bicyclic) bond motifs is 1. The molecule has 0 saturated heterocycles. The Hall–Kier alpha value is -3.25. The van der Waals surface area contributed by atoms with Crippen molar-refractivity contribution >= 4 is 22.5 Å². The summed E-state index contributed by atoms with van der Waals surface area (Å²) < 4.78 is 10.1. The fourth-order valence-electron chi connectivity index (χ4n) is 3.51. The van der Waals surface area contributed by atoms with Crippen LogP contribution in [0.15, 0.2) is 64.3 Å². The summed E-state index contributed by atoms with van der Waals surface area (Å²) in [6, 6.07) is 14.9. The molecule has 7 heteroatoms. The van der Waals surface area contributed by atoms with E-state index in [1.54, 1.807) is 19.2 Å². The van der Waals surface area contributed by atoms with Gasteiger partial charge in [0.15, 0.2) is 0 Å². The van der Waals surface area contributed by atoms with Crippen LogP contribution in [0.25, 0.3) is 27.8 Å². The van der Waals surface area contributed by atoms with Crippen molar-refractivity contribution in [3.63, 3.8) is 0 Å². The van der Waals surface area contributed by atoms with Crippen molar-refractivity contribution in [1.82, 2.24) is 13.7 Å². The van der Waals surface area contributed by atoms with Gasteiger partial charge in [0.2, 0.25) is 0 Å². The van der Waals surface area contributed by atoms with E-state index in [2.05, 4.69) is 0 Å². The highest BCUT2D eigenvalue weighted by Crippen LogP contribution is 2.32. The van der Waals surface area contributed by atoms with E-state index in [0.717, 1.165) is 21.6 Å². The normalized spacial score (nSPS) is 11.2. The van der Waals surface area contributed by atoms with Crippen LogP contribution in [0.5, 0.6) is 5.75 Å². The molecule has 2 heterocycles. The standard InChI is InChI=1S/C22H20ClN3O3/c1-4-29-17-11-9-16(10-12-17)26-13-18-19(21(27)25(3)22(28)24(18)2)20(26)14-5-7-15(23)8-6-14/h5-13H,4H2,1-3H3. The van der Waals surface area contributed by atoms with E-state index in [1.807, 2.05) is 54.1 Å². The molecule has 4 rings (SSSR count). The smallest absolute Gasteiger partial charge is 0.330 e. The Morgan fingerprint density at radius 1 is 0.931 bits per heavy atom. The number of nitrogens with zero attached hydrogens (tertiary/aromatic N) is 3. The van der Waals surface area contributed by atoms with Crippen LogP contribution in [0.3, 0.4) is 0 Å². The number of rotatable bonds is 4. The summed E-state index contributed by atoms with van der Waals surface area (Å²) in [6.07, 6.45) is 1.82. The Bertz CT molecular complexity index is 1310. The Morgan fingerprint density at radius 2 is 1.59 bits per heavy atom. The summed E-state index contributed by atoms with van der Waals surface area (Å²) in [4.78, 5) is 25.5. The first-order valence-electron chi connectivity index (χ1n) is 9.22. The van der Waals surface area contributed by atoms with Crippen LogP contribution in [0.2, 0.25) is 5.02 Å². The summed E-state index contributed by atoms with van der Waals surface area (Å²) in [5.74, 6) is 0.768. The highest BCUT2D eigenvalue weighted by Gasteiger charge is 2.20. The molecule has 0 aliphatic heterocycles. The molecule has 0 spiro atoms. The van der Waals surface area contributed by atoms with Crippen LogP contribution in [0.1, 0.15) is 6.92 Å². The van der Waals surface area contributed by atoms with Gasteiger partial charge in [0.1, 0.15) is 5.75 Å². The van der Waals surface area contributed by atoms with Crippen molar-refractivity contribution in [1.29, 1.82) is 0 Å². The van der Waals surface area contributed by atoms with Gasteiger partial charge in [0.05, 0.1) is 23.2 Å². The minimum Gasteiger partial charge on any atom is -0.494 e. The topological polar surface area (TPSA) is 58.2 Å². The Kier molecular flexibility index (Phi) is 4.80. The first kappa shape index (κ1) is 19.1. The van der Waals surface area contributed by atoms with Crippen LogP contribution in [0, 0.1) is 0 Å². The molecule has 6 nitrogen and oxygen atoms in total. The second kappa shape index (κ2) is 7.29. The molecule has 29 heavy (non-hydrogen) atoms. The van der Waals surface area contributed by atoms with Crippen LogP contribution in [0.4, 0.5) is 0 Å². The zero-order valence-corrected chi connectivity index (χ0v) is 17.1. The van der Waals surface area contributed by atoms with Gasteiger partial charge < -0.3 is 9.30 Å². The van der Waals surface area contributed by atoms with E-state index >= 15 is 0 Å². The number of aromatic nitrogens is 3. The molecule has 148 valence electrons. The van der Waals surface area contributed by atoms with Crippen molar-refractivity contribution < 1.29 is 4.74 Å². The molecule has 0 aliphatic rings. The SMILES string of the molecule is CCOc1ccc(-n2cc3c(c2-c2ccc(Cl)cc2)c(=O)n(C)c(=O)n3C)cc1. The first-order chi connectivity index (χ1) is 13.9. The molecule has 0 radical (unpaired) electrons. The van der Waals surface area contributed by atoms with Gasteiger partial charge in [0.25, 0.3) is 5.56 Å². The number of halogens is 1.